The number of hydrogen-bond donors (Lipinski definition) is 0. The van der Waals surface area contributed by atoms with E-state index < -0.39 is 11.7 Å². The maximum atomic E-state index is 12.9. The number of carbonyl (C=O) groups is 1. The first-order chi connectivity index (χ1) is 12.9. The zero-order valence-corrected chi connectivity index (χ0v) is 14.8. The fraction of sp³-hybridized carbons (Fsp3) is 0.350. The highest BCUT2D eigenvalue weighted by molar-refractivity contribution is 5.76. The van der Waals surface area contributed by atoms with Crippen LogP contribution in [0.3, 0.4) is 0 Å². The standard InChI is InChI=1S/C20H21F3N2O2/c21-20(22,23)16-5-4-6-17(15-16)24-10-12-25(13-11-24)19(26)9-14-27-18-7-2-1-3-8-18/h1-8,15H,9-14H2. The van der Waals surface area contributed by atoms with Crippen LogP contribution in [0.15, 0.2) is 54.6 Å². The van der Waals surface area contributed by atoms with Crippen molar-refractivity contribution >= 4 is 11.6 Å². The molecule has 3 rings (SSSR count). The third-order valence-electron chi connectivity index (χ3n) is 4.50. The SMILES string of the molecule is O=C(CCOc1ccccc1)N1CCN(c2cccc(C(F)(F)F)c2)CC1. The second kappa shape index (κ2) is 8.33. The van der Waals surface area contributed by atoms with E-state index >= 15 is 0 Å². The summed E-state index contributed by atoms with van der Waals surface area (Å²) in [6.45, 7) is 2.29. The number of alkyl halides is 3. The molecule has 1 saturated heterocycles. The van der Waals surface area contributed by atoms with Gasteiger partial charge in [-0.05, 0) is 30.3 Å². The number of para-hydroxylation sites is 1. The molecule has 0 aliphatic carbocycles. The molecule has 0 atom stereocenters. The minimum Gasteiger partial charge on any atom is -0.493 e. The Morgan fingerprint density at radius 2 is 1.67 bits per heavy atom. The van der Waals surface area contributed by atoms with Gasteiger partial charge < -0.3 is 14.5 Å². The van der Waals surface area contributed by atoms with Crippen molar-refractivity contribution in [2.75, 3.05) is 37.7 Å². The topological polar surface area (TPSA) is 32.8 Å². The van der Waals surface area contributed by atoms with Crippen LogP contribution in [0.5, 0.6) is 5.75 Å². The van der Waals surface area contributed by atoms with Gasteiger partial charge in [-0.1, -0.05) is 24.3 Å². The lowest BCUT2D eigenvalue weighted by Crippen LogP contribution is -2.49. The monoisotopic (exact) mass is 378 g/mol. The second-order valence-corrected chi connectivity index (χ2v) is 6.33. The summed E-state index contributed by atoms with van der Waals surface area (Å²) in [5.74, 6) is 0.717. The van der Waals surface area contributed by atoms with E-state index in [4.69, 9.17) is 4.74 Å². The predicted molar refractivity (Wildman–Crippen MR) is 96.8 cm³/mol. The molecule has 1 aliphatic heterocycles. The molecule has 4 nitrogen and oxygen atoms in total. The Bertz CT molecular complexity index is 757. The van der Waals surface area contributed by atoms with Gasteiger partial charge in [0.2, 0.25) is 5.91 Å². The number of rotatable bonds is 5. The van der Waals surface area contributed by atoms with E-state index in [1.54, 1.807) is 11.0 Å². The second-order valence-electron chi connectivity index (χ2n) is 6.33. The van der Waals surface area contributed by atoms with E-state index in [-0.39, 0.29) is 12.3 Å². The van der Waals surface area contributed by atoms with Crippen molar-refractivity contribution in [3.8, 4) is 5.75 Å². The Labute approximate surface area is 156 Å². The maximum absolute atomic E-state index is 12.9. The third kappa shape index (κ3) is 5.15. The molecular formula is C20H21F3N2O2. The molecule has 0 saturated carbocycles. The highest BCUT2D eigenvalue weighted by atomic mass is 19.4. The molecule has 2 aromatic rings. The van der Waals surface area contributed by atoms with Gasteiger partial charge in [0.1, 0.15) is 5.75 Å². The molecule has 1 heterocycles. The number of carbonyl (C=O) groups excluding carboxylic acids is 1. The van der Waals surface area contributed by atoms with Crippen molar-refractivity contribution in [3.63, 3.8) is 0 Å². The quantitative estimate of drug-likeness (QED) is 0.793. The van der Waals surface area contributed by atoms with Crippen LogP contribution >= 0.6 is 0 Å². The van der Waals surface area contributed by atoms with E-state index in [1.165, 1.54) is 6.07 Å². The first-order valence-corrected chi connectivity index (χ1v) is 8.81. The lowest BCUT2D eigenvalue weighted by Gasteiger charge is -2.36. The van der Waals surface area contributed by atoms with Crippen LogP contribution in [0, 0.1) is 0 Å². The van der Waals surface area contributed by atoms with Gasteiger partial charge in [-0.3, -0.25) is 4.79 Å². The van der Waals surface area contributed by atoms with Gasteiger partial charge in [0.05, 0.1) is 18.6 Å². The van der Waals surface area contributed by atoms with Crippen molar-refractivity contribution in [2.24, 2.45) is 0 Å². The molecule has 0 N–H and O–H groups in total. The molecule has 7 heteroatoms. The minimum atomic E-state index is -4.35. The van der Waals surface area contributed by atoms with E-state index in [9.17, 15) is 18.0 Å². The van der Waals surface area contributed by atoms with Crippen LogP contribution < -0.4 is 9.64 Å². The van der Waals surface area contributed by atoms with Crippen LogP contribution in [-0.4, -0.2) is 43.6 Å². The Kier molecular flexibility index (Phi) is 5.88. The van der Waals surface area contributed by atoms with Gasteiger partial charge in [-0.25, -0.2) is 0 Å². The number of nitrogens with zero attached hydrogens (tertiary/aromatic N) is 2. The number of piperazine rings is 1. The highest BCUT2D eigenvalue weighted by Crippen LogP contribution is 2.31. The Morgan fingerprint density at radius 3 is 2.33 bits per heavy atom. The summed E-state index contributed by atoms with van der Waals surface area (Å²) < 4.78 is 44.1. The predicted octanol–water partition coefficient (Wildman–Crippen LogP) is 3.82. The molecule has 0 radical (unpaired) electrons. The molecule has 1 aliphatic rings. The molecule has 0 bridgehead atoms. The number of benzene rings is 2. The molecule has 144 valence electrons. The molecule has 1 amide bonds. The van der Waals surface area contributed by atoms with Crippen LogP contribution in [0.4, 0.5) is 18.9 Å². The fourth-order valence-corrected chi connectivity index (χ4v) is 3.02. The van der Waals surface area contributed by atoms with Crippen LogP contribution in [0.25, 0.3) is 0 Å². The zero-order valence-electron chi connectivity index (χ0n) is 14.8. The molecule has 2 aromatic carbocycles. The third-order valence-corrected chi connectivity index (χ3v) is 4.50. The van der Waals surface area contributed by atoms with E-state index in [1.807, 2.05) is 35.2 Å². The lowest BCUT2D eigenvalue weighted by atomic mass is 10.1. The van der Waals surface area contributed by atoms with E-state index in [0.717, 1.165) is 17.9 Å². The first-order valence-electron chi connectivity index (χ1n) is 8.81. The number of anilines is 1. The average Bonchev–Trinajstić information content (AvgIpc) is 2.68. The Balaban J connectivity index is 1.48. The fourth-order valence-electron chi connectivity index (χ4n) is 3.02. The highest BCUT2D eigenvalue weighted by Gasteiger charge is 2.31. The molecule has 1 fully saturated rings. The molecular weight excluding hydrogens is 357 g/mol. The summed E-state index contributed by atoms with van der Waals surface area (Å²) in [6, 6.07) is 14.6. The van der Waals surface area contributed by atoms with Gasteiger partial charge in [0.25, 0.3) is 0 Å². The summed E-state index contributed by atoms with van der Waals surface area (Å²) in [6.07, 6.45) is -4.08. The minimum absolute atomic E-state index is 0.00498. The number of amides is 1. The first kappa shape index (κ1) is 19.1. The van der Waals surface area contributed by atoms with Crippen LogP contribution in [0.1, 0.15) is 12.0 Å². The van der Waals surface area contributed by atoms with Crippen LogP contribution in [-0.2, 0) is 11.0 Å². The van der Waals surface area contributed by atoms with Gasteiger partial charge in [0, 0.05) is 31.9 Å². The van der Waals surface area contributed by atoms with Gasteiger partial charge in [-0.15, -0.1) is 0 Å². The van der Waals surface area contributed by atoms with Gasteiger partial charge >= 0.3 is 6.18 Å². The van der Waals surface area contributed by atoms with Gasteiger partial charge in [-0.2, -0.15) is 13.2 Å². The largest absolute Gasteiger partial charge is 0.493 e. The van der Waals surface area contributed by atoms with Crippen molar-refractivity contribution in [1.29, 1.82) is 0 Å². The van der Waals surface area contributed by atoms with Crippen molar-refractivity contribution < 1.29 is 22.7 Å². The average molecular weight is 378 g/mol. The molecule has 0 spiro atoms. The maximum Gasteiger partial charge on any atom is 0.416 e. The van der Waals surface area contributed by atoms with E-state index in [2.05, 4.69) is 0 Å². The summed E-state index contributed by atoms with van der Waals surface area (Å²) in [4.78, 5) is 15.9. The number of halogens is 3. The lowest BCUT2D eigenvalue weighted by molar-refractivity contribution is -0.137. The number of ether oxygens (including phenoxy) is 1. The smallest absolute Gasteiger partial charge is 0.416 e. The Morgan fingerprint density at radius 1 is 0.963 bits per heavy atom. The molecule has 0 unspecified atom stereocenters. The summed E-state index contributed by atoms with van der Waals surface area (Å²) in [5, 5.41) is 0. The van der Waals surface area contributed by atoms with Crippen molar-refractivity contribution in [1.82, 2.24) is 4.90 Å². The van der Waals surface area contributed by atoms with Crippen LogP contribution in [0.2, 0.25) is 0 Å². The summed E-state index contributed by atoms with van der Waals surface area (Å²) in [5.41, 5.74) is -0.124. The number of hydrogen-bond acceptors (Lipinski definition) is 3. The van der Waals surface area contributed by atoms with Crippen molar-refractivity contribution in [3.05, 3.63) is 60.2 Å². The van der Waals surface area contributed by atoms with E-state index in [0.29, 0.717) is 38.5 Å². The Hall–Kier alpha value is -2.70. The zero-order chi connectivity index (χ0) is 19.3. The summed E-state index contributed by atoms with van der Waals surface area (Å²) in [7, 11) is 0. The van der Waals surface area contributed by atoms with Gasteiger partial charge in [0.15, 0.2) is 0 Å². The molecule has 27 heavy (non-hydrogen) atoms. The summed E-state index contributed by atoms with van der Waals surface area (Å²) >= 11 is 0. The normalized spacial score (nSPS) is 14.9. The van der Waals surface area contributed by atoms with Crippen molar-refractivity contribution in [2.45, 2.75) is 12.6 Å². The molecule has 0 aromatic heterocycles.